The highest BCUT2D eigenvalue weighted by molar-refractivity contribution is 6.30. The second-order valence-corrected chi connectivity index (χ2v) is 9.71. The summed E-state index contributed by atoms with van der Waals surface area (Å²) in [6, 6.07) is 24.3. The van der Waals surface area contributed by atoms with Crippen LogP contribution in [0, 0.1) is 6.92 Å². The number of nitrogens with one attached hydrogen (secondary N) is 1. The highest BCUT2D eigenvalue weighted by atomic mass is 35.5. The normalized spacial score (nSPS) is 16.9. The van der Waals surface area contributed by atoms with Gasteiger partial charge in [0.15, 0.2) is 0 Å². The number of carbonyl (C=O) groups is 2. The van der Waals surface area contributed by atoms with Gasteiger partial charge in [-0.2, -0.15) is 5.10 Å². The topological polar surface area (TPSA) is 76.5 Å². The van der Waals surface area contributed by atoms with Crippen molar-refractivity contribution in [3.63, 3.8) is 0 Å². The lowest BCUT2D eigenvalue weighted by atomic mass is 9.93. The van der Waals surface area contributed by atoms with Crippen molar-refractivity contribution in [3.05, 3.63) is 101 Å². The van der Waals surface area contributed by atoms with Crippen LogP contribution in [-0.2, 0) is 17.9 Å². The SMILES string of the molecule is COc1ccccc1CNC(=O)C1(C)Cn2nc(-c3ccccc3)cc2C(=O)N1c1ccc(Cl)cc1C. The first-order valence-corrected chi connectivity index (χ1v) is 12.3. The number of methoxy groups -OCH3 is 1. The molecule has 1 N–H and O–H groups in total. The van der Waals surface area contributed by atoms with Crippen LogP contribution in [0.3, 0.4) is 0 Å². The molecule has 1 aliphatic rings. The van der Waals surface area contributed by atoms with Crippen LogP contribution in [0.1, 0.15) is 28.5 Å². The smallest absolute Gasteiger partial charge is 0.277 e. The predicted molar refractivity (Wildman–Crippen MR) is 144 cm³/mol. The zero-order chi connectivity index (χ0) is 26.2. The maximum atomic E-state index is 14.0. The number of carbonyl (C=O) groups excluding carboxylic acids is 2. The van der Waals surface area contributed by atoms with Crippen molar-refractivity contribution in [2.75, 3.05) is 12.0 Å². The van der Waals surface area contributed by atoms with E-state index in [1.807, 2.05) is 61.5 Å². The van der Waals surface area contributed by atoms with Crippen molar-refractivity contribution in [1.29, 1.82) is 0 Å². The minimum Gasteiger partial charge on any atom is -0.496 e. The molecule has 0 radical (unpaired) electrons. The quantitative estimate of drug-likeness (QED) is 0.381. The van der Waals surface area contributed by atoms with Gasteiger partial charge in [0.05, 0.1) is 19.3 Å². The number of aromatic nitrogens is 2. The number of ether oxygens (including phenoxy) is 1. The second-order valence-electron chi connectivity index (χ2n) is 9.28. The van der Waals surface area contributed by atoms with Crippen LogP contribution in [0.4, 0.5) is 5.69 Å². The van der Waals surface area contributed by atoms with E-state index in [1.165, 1.54) is 0 Å². The fourth-order valence-electron chi connectivity index (χ4n) is 4.79. The van der Waals surface area contributed by atoms with E-state index >= 15 is 0 Å². The summed E-state index contributed by atoms with van der Waals surface area (Å²) in [4.78, 5) is 29.5. The van der Waals surface area contributed by atoms with Gasteiger partial charge >= 0.3 is 0 Å². The molecule has 7 nitrogen and oxygen atoms in total. The molecular weight excluding hydrogens is 488 g/mol. The average Bonchev–Trinajstić information content (AvgIpc) is 3.33. The van der Waals surface area contributed by atoms with Gasteiger partial charge in [-0.05, 0) is 49.7 Å². The summed E-state index contributed by atoms with van der Waals surface area (Å²) in [7, 11) is 1.59. The van der Waals surface area contributed by atoms with Gasteiger partial charge in [-0.3, -0.25) is 19.2 Å². The molecule has 1 aromatic heterocycles. The number of benzene rings is 3. The number of halogens is 1. The summed E-state index contributed by atoms with van der Waals surface area (Å²) in [6.45, 7) is 4.08. The zero-order valence-corrected chi connectivity index (χ0v) is 21.6. The predicted octanol–water partition coefficient (Wildman–Crippen LogP) is 5.26. The highest BCUT2D eigenvalue weighted by Gasteiger charge is 2.49. The lowest BCUT2D eigenvalue weighted by Gasteiger charge is -2.43. The van der Waals surface area contributed by atoms with Crippen molar-refractivity contribution in [2.45, 2.75) is 32.5 Å². The number of hydrogen-bond acceptors (Lipinski definition) is 4. The third-order valence-electron chi connectivity index (χ3n) is 6.74. The molecule has 188 valence electrons. The Morgan fingerprint density at radius 1 is 1.08 bits per heavy atom. The third kappa shape index (κ3) is 4.47. The zero-order valence-electron chi connectivity index (χ0n) is 20.9. The number of amides is 2. The van der Waals surface area contributed by atoms with Crippen LogP contribution in [-0.4, -0.2) is 34.2 Å². The fourth-order valence-corrected chi connectivity index (χ4v) is 5.02. The molecule has 0 aliphatic carbocycles. The lowest BCUT2D eigenvalue weighted by molar-refractivity contribution is -0.126. The molecule has 1 atom stereocenters. The number of anilines is 1. The van der Waals surface area contributed by atoms with E-state index in [0.29, 0.717) is 27.8 Å². The van der Waals surface area contributed by atoms with Crippen molar-refractivity contribution in [3.8, 4) is 17.0 Å². The Morgan fingerprint density at radius 3 is 2.54 bits per heavy atom. The van der Waals surface area contributed by atoms with Crippen molar-refractivity contribution in [2.24, 2.45) is 0 Å². The first-order chi connectivity index (χ1) is 17.8. The Labute approximate surface area is 220 Å². The maximum absolute atomic E-state index is 14.0. The molecule has 4 aromatic rings. The molecule has 1 unspecified atom stereocenters. The van der Waals surface area contributed by atoms with Crippen LogP contribution in [0.25, 0.3) is 11.3 Å². The summed E-state index contributed by atoms with van der Waals surface area (Å²) in [5, 5.41) is 8.29. The minimum absolute atomic E-state index is 0.181. The lowest BCUT2D eigenvalue weighted by Crippen LogP contribution is -2.64. The van der Waals surface area contributed by atoms with E-state index < -0.39 is 5.54 Å². The van der Waals surface area contributed by atoms with Gasteiger partial charge in [0.25, 0.3) is 5.91 Å². The molecule has 0 spiro atoms. The fraction of sp³-hybridized carbons (Fsp3) is 0.207. The molecular formula is C29H27ClN4O3. The standard InChI is InChI=1S/C29H27ClN4O3/c1-19-15-22(30)13-14-24(19)34-27(35)25-16-23(20-9-5-4-6-10-20)32-33(25)18-29(34,2)28(36)31-17-21-11-7-8-12-26(21)37-3/h4-16H,17-18H2,1-3H3,(H,31,36). The maximum Gasteiger partial charge on any atom is 0.277 e. The summed E-state index contributed by atoms with van der Waals surface area (Å²) >= 11 is 6.22. The van der Waals surface area contributed by atoms with Crippen LogP contribution in [0.15, 0.2) is 78.9 Å². The molecule has 0 fully saturated rings. The first kappa shape index (κ1) is 24.6. The van der Waals surface area contributed by atoms with E-state index in [1.54, 1.807) is 47.9 Å². The molecule has 8 heteroatoms. The number of fused-ring (bicyclic) bond motifs is 1. The van der Waals surface area contributed by atoms with Crippen LogP contribution < -0.4 is 15.0 Å². The Kier molecular flexibility index (Phi) is 6.48. The molecule has 0 bridgehead atoms. The largest absolute Gasteiger partial charge is 0.496 e. The Bertz CT molecular complexity index is 1480. The van der Waals surface area contributed by atoms with E-state index in [0.717, 1.165) is 16.7 Å². The number of hydrogen-bond donors (Lipinski definition) is 1. The van der Waals surface area contributed by atoms with Gasteiger partial charge in [0, 0.05) is 28.4 Å². The monoisotopic (exact) mass is 514 g/mol. The van der Waals surface area contributed by atoms with Crippen LogP contribution in [0.2, 0.25) is 5.02 Å². The van der Waals surface area contributed by atoms with E-state index in [-0.39, 0.29) is 24.9 Å². The Balaban J connectivity index is 1.56. The van der Waals surface area contributed by atoms with Crippen LogP contribution >= 0.6 is 11.6 Å². The van der Waals surface area contributed by atoms with Gasteiger partial charge in [0.2, 0.25) is 5.91 Å². The first-order valence-electron chi connectivity index (χ1n) is 12.0. The van der Waals surface area contributed by atoms with Crippen molar-refractivity contribution < 1.29 is 14.3 Å². The molecule has 3 aromatic carbocycles. The molecule has 2 amide bonds. The average molecular weight is 515 g/mol. The van der Waals surface area contributed by atoms with Gasteiger partial charge in [-0.15, -0.1) is 0 Å². The number of aryl methyl sites for hydroxylation is 1. The van der Waals surface area contributed by atoms with Gasteiger partial charge in [-0.1, -0.05) is 60.1 Å². The molecule has 1 aliphatic heterocycles. The minimum atomic E-state index is -1.26. The third-order valence-corrected chi connectivity index (χ3v) is 6.98. The summed E-state index contributed by atoms with van der Waals surface area (Å²) < 4.78 is 7.07. The van der Waals surface area contributed by atoms with Gasteiger partial charge in [-0.25, -0.2) is 0 Å². The number of rotatable bonds is 6. The molecule has 37 heavy (non-hydrogen) atoms. The second kappa shape index (κ2) is 9.75. The Morgan fingerprint density at radius 2 is 1.81 bits per heavy atom. The van der Waals surface area contributed by atoms with Crippen molar-refractivity contribution >= 4 is 29.1 Å². The summed E-state index contributed by atoms with van der Waals surface area (Å²) in [5.41, 5.74) is 2.99. The Hall–Kier alpha value is -4.10. The van der Waals surface area contributed by atoms with Gasteiger partial charge < -0.3 is 10.1 Å². The van der Waals surface area contributed by atoms with E-state index in [4.69, 9.17) is 21.4 Å². The number of para-hydroxylation sites is 1. The number of nitrogens with zero attached hydrogens (tertiary/aromatic N) is 3. The van der Waals surface area contributed by atoms with Gasteiger partial charge in [0.1, 0.15) is 17.0 Å². The van der Waals surface area contributed by atoms with Crippen molar-refractivity contribution in [1.82, 2.24) is 15.1 Å². The summed E-state index contributed by atoms with van der Waals surface area (Å²) in [6.07, 6.45) is 0. The molecule has 0 saturated heterocycles. The van der Waals surface area contributed by atoms with E-state index in [9.17, 15) is 9.59 Å². The van der Waals surface area contributed by atoms with Crippen LogP contribution in [0.5, 0.6) is 5.75 Å². The molecule has 2 heterocycles. The molecule has 5 rings (SSSR count). The summed E-state index contributed by atoms with van der Waals surface area (Å²) in [5.74, 6) is 0.0738. The molecule has 0 saturated carbocycles. The highest BCUT2D eigenvalue weighted by Crippen LogP contribution is 2.36. The van der Waals surface area contributed by atoms with E-state index in [2.05, 4.69) is 5.32 Å².